The number of aromatic nitrogens is 2. The minimum Gasteiger partial charge on any atom is -0.370 e. The standard InChI is InChI=1S/C23H20FN3O2S/c24-17-10-8-16(9-11-17)18-14-30-22-21(18)23(29)27(12-4-7-19(25)28)20(26-22)13-15-5-2-1-3-6-15/h1-3,5-6,8-11,14H,4,7,12-13H2,(H2,25,28). The van der Waals surface area contributed by atoms with Gasteiger partial charge in [-0.15, -0.1) is 11.3 Å². The fraction of sp³-hybridized carbons (Fsp3) is 0.174. The highest BCUT2D eigenvalue weighted by Crippen LogP contribution is 2.31. The Balaban J connectivity index is 1.83. The topological polar surface area (TPSA) is 78.0 Å². The second-order valence-electron chi connectivity index (χ2n) is 7.05. The van der Waals surface area contributed by atoms with Crippen molar-refractivity contribution in [3.8, 4) is 11.1 Å². The van der Waals surface area contributed by atoms with Crippen LogP contribution in [-0.2, 0) is 17.8 Å². The molecule has 0 bridgehead atoms. The van der Waals surface area contributed by atoms with Crippen LogP contribution in [0.25, 0.3) is 21.3 Å². The first-order valence-corrected chi connectivity index (χ1v) is 10.5. The predicted molar refractivity (Wildman–Crippen MR) is 117 cm³/mol. The summed E-state index contributed by atoms with van der Waals surface area (Å²) in [6.07, 6.45) is 1.16. The second kappa shape index (κ2) is 8.59. The summed E-state index contributed by atoms with van der Waals surface area (Å²) in [6, 6.07) is 15.9. The predicted octanol–water partition coefficient (Wildman–Crippen LogP) is 4.12. The van der Waals surface area contributed by atoms with Gasteiger partial charge in [0.2, 0.25) is 5.91 Å². The number of rotatable bonds is 7. The average molecular weight is 421 g/mol. The number of primary amides is 1. The Hall–Kier alpha value is -3.32. The van der Waals surface area contributed by atoms with Crippen LogP contribution < -0.4 is 11.3 Å². The van der Waals surface area contributed by atoms with E-state index >= 15 is 0 Å². The average Bonchev–Trinajstić information content (AvgIpc) is 3.15. The van der Waals surface area contributed by atoms with E-state index in [1.165, 1.54) is 23.5 Å². The zero-order chi connectivity index (χ0) is 21.1. The molecule has 0 aliphatic carbocycles. The monoisotopic (exact) mass is 421 g/mol. The number of halogens is 1. The lowest BCUT2D eigenvalue weighted by atomic mass is 10.1. The van der Waals surface area contributed by atoms with E-state index in [0.717, 1.165) is 16.7 Å². The Bertz CT molecular complexity index is 1250. The number of thiophene rings is 1. The van der Waals surface area contributed by atoms with Gasteiger partial charge in [0.1, 0.15) is 16.5 Å². The molecule has 1 amide bonds. The molecule has 0 unspecified atom stereocenters. The summed E-state index contributed by atoms with van der Waals surface area (Å²) in [5, 5.41) is 2.40. The zero-order valence-electron chi connectivity index (χ0n) is 16.2. The summed E-state index contributed by atoms with van der Waals surface area (Å²) in [5.74, 6) is -0.0784. The lowest BCUT2D eigenvalue weighted by Crippen LogP contribution is -2.26. The van der Waals surface area contributed by atoms with E-state index in [0.29, 0.717) is 35.4 Å². The highest BCUT2D eigenvalue weighted by atomic mass is 32.1. The normalized spacial score (nSPS) is 11.1. The van der Waals surface area contributed by atoms with Crippen LogP contribution in [0.1, 0.15) is 24.2 Å². The molecule has 0 aliphatic rings. The Morgan fingerprint density at radius 3 is 2.53 bits per heavy atom. The van der Waals surface area contributed by atoms with E-state index in [-0.39, 0.29) is 17.8 Å². The number of carbonyl (C=O) groups excluding carboxylic acids is 1. The maximum absolute atomic E-state index is 13.5. The molecule has 4 rings (SSSR count). The maximum Gasteiger partial charge on any atom is 0.262 e. The Kier molecular flexibility index (Phi) is 5.72. The molecule has 30 heavy (non-hydrogen) atoms. The van der Waals surface area contributed by atoms with Gasteiger partial charge >= 0.3 is 0 Å². The Morgan fingerprint density at radius 2 is 1.83 bits per heavy atom. The Morgan fingerprint density at radius 1 is 1.10 bits per heavy atom. The third-order valence-electron chi connectivity index (χ3n) is 4.94. The van der Waals surface area contributed by atoms with E-state index in [1.807, 2.05) is 35.7 Å². The molecule has 0 radical (unpaired) electrons. The van der Waals surface area contributed by atoms with E-state index in [4.69, 9.17) is 10.7 Å². The van der Waals surface area contributed by atoms with Crippen LogP contribution in [0, 0.1) is 5.82 Å². The quantitative estimate of drug-likeness (QED) is 0.488. The lowest BCUT2D eigenvalue weighted by Gasteiger charge is -2.13. The molecule has 7 heteroatoms. The molecule has 4 aromatic rings. The first kappa shape index (κ1) is 20.0. The molecule has 0 saturated carbocycles. The third kappa shape index (κ3) is 4.16. The van der Waals surface area contributed by atoms with Gasteiger partial charge in [-0.2, -0.15) is 0 Å². The van der Waals surface area contributed by atoms with Gasteiger partial charge in [0, 0.05) is 30.3 Å². The molecule has 2 heterocycles. The molecule has 2 aromatic heterocycles. The molecule has 2 aromatic carbocycles. The second-order valence-corrected chi connectivity index (χ2v) is 7.91. The van der Waals surface area contributed by atoms with Crippen LogP contribution in [0.15, 0.2) is 64.8 Å². The van der Waals surface area contributed by atoms with Gasteiger partial charge in [0.05, 0.1) is 5.39 Å². The van der Waals surface area contributed by atoms with Crippen LogP contribution in [0.2, 0.25) is 0 Å². The molecular formula is C23H20FN3O2S. The number of hydrogen-bond acceptors (Lipinski definition) is 4. The van der Waals surface area contributed by atoms with Crippen molar-refractivity contribution in [1.29, 1.82) is 0 Å². The van der Waals surface area contributed by atoms with Gasteiger partial charge in [-0.05, 0) is 29.7 Å². The number of amides is 1. The van der Waals surface area contributed by atoms with Crippen molar-refractivity contribution >= 4 is 27.5 Å². The fourth-order valence-electron chi connectivity index (χ4n) is 3.46. The molecule has 2 N–H and O–H groups in total. The molecule has 0 fully saturated rings. The molecule has 0 saturated heterocycles. The summed E-state index contributed by atoms with van der Waals surface area (Å²) < 4.78 is 15.0. The molecule has 0 aliphatic heterocycles. The SMILES string of the molecule is NC(=O)CCCn1c(Cc2ccccc2)nc2scc(-c3ccc(F)cc3)c2c1=O. The van der Waals surface area contributed by atoms with Crippen molar-refractivity contribution in [3.05, 3.63) is 87.5 Å². The van der Waals surface area contributed by atoms with Gasteiger partial charge in [0.15, 0.2) is 0 Å². The maximum atomic E-state index is 13.5. The van der Waals surface area contributed by atoms with E-state index in [1.54, 1.807) is 16.7 Å². The summed E-state index contributed by atoms with van der Waals surface area (Å²) >= 11 is 1.40. The van der Waals surface area contributed by atoms with E-state index < -0.39 is 5.91 Å². The number of benzene rings is 2. The van der Waals surface area contributed by atoms with E-state index in [2.05, 4.69) is 0 Å². The summed E-state index contributed by atoms with van der Waals surface area (Å²) in [7, 11) is 0. The number of nitrogens with zero attached hydrogens (tertiary/aromatic N) is 2. The largest absolute Gasteiger partial charge is 0.370 e. The van der Waals surface area contributed by atoms with Crippen molar-refractivity contribution in [1.82, 2.24) is 9.55 Å². The highest BCUT2D eigenvalue weighted by molar-refractivity contribution is 7.17. The number of carbonyl (C=O) groups is 1. The summed E-state index contributed by atoms with van der Waals surface area (Å²) in [4.78, 5) is 30.1. The molecular weight excluding hydrogens is 401 g/mol. The highest BCUT2D eigenvalue weighted by Gasteiger charge is 2.17. The van der Waals surface area contributed by atoms with Crippen LogP contribution >= 0.6 is 11.3 Å². The van der Waals surface area contributed by atoms with Crippen LogP contribution in [0.5, 0.6) is 0 Å². The summed E-state index contributed by atoms with van der Waals surface area (Å²) in [5.41, 5.74) is 7.66. The van der Waals surface area contributed by atoms with Gasteiger partial charge in [-0.25, -0.2) is 9.37 Å². The van der Waals surface area contributed by atoms with Gasteiger partial charge in [-0.1, -0.05) is 42.5 Å². The number of fused-ring (bicyclic) bond motifs is 1. The van der Waals surface area contributed by atoms with Crippen molar-refractivity contribution < 1.29 is 9.18 Å². The number of hydrogen-bond donors (Lipinski definition) is 1. The first-order chi connectivity index (χ1) is 14.5. The van der Waals surface area contributed by atoms with Crippen molar-refractivity contribution in [2.45, 2.75) is 25.8 Å². The third-order valence-corrected chi connectivity index (χ3v) is 5.81. The van der Waals surface area contributed by atoms with Crippen LogP contribution in [-0.4, -0.2) is 15.5 Å². The molecule has 5 nitrogen and oxygen atoms in total. The van der Waals surface area contributed by atoms with Gasteiger partial charge in [-0.3, -0.25) is 14.2 Å². The molecule has 152 valence electrons. The minimum atomic E-state index is -0.399. The summed E-state index contributed by atoms with van der Waals surface area (Å²) in [6.45, 7) is 0.353. The number of nitrogens with two attached hydrogens (primary N) is 1. The smallest absolute Gasteiger partial charge is 0.262 e. The van der Waals surface area contributed by atoms with Crippen molar-refractivity contribution in [2.24, 2.45) is 5.73 Å². The fourth-order valence-corrected chi connectivity index (χ4v) is 4.42. The Labute approximate surface area is 176 Å². The van der Waals surface area contributed by atoms with Crippen molar-refractivity contribution in [2.75, 3.05) is 0 Å². The zero-order valence-corrected chi connectivity index (χ0v) is 17.0. The van der Waals surface area contributed by atoms with Gasteiger partial charge < -0.3 is 5.73 Å². The van der Waals surface area contributed by atoms with Crippen LogP contribution in [0.4, 0.5) is 4.39 Å². The molecule has 0 spiro atoms. The van der Waals surface area contributed by atoms with Crippen molar-refractivity contribution in [3.63, 3.8) is 0 Å². The van der Waals surface area contributed by atoms with Gasteiger partial charge in [0.25, 0.3) is 5.56 Å². The van der Waals surface area contributed by atoms with Crippen LogP contribution in [0.3, 0.4) is 0 Å². The van der Waals surface area contributed by atoms with E-state index in [9.17, 15) is 14.0 Å². The first-order valence-electron chi connectivity index (χ1n) is 9.62. The molecule has 0 atom stereocenters. The lowest BCUT2D eigenvalue weighted by molar-refractivity contribution is -0.118. The minimum absolute atomic E-state index is 0.157.